The van der Waals surface area contributed by atoms with E-state index < -0.39 is 6.09 Å². The van der Waals surface area contributed by atoms with Crippen molar-refractivity contribution in [3.8, 4) is 16.6 Å². The first-order valence-corrected chi connectivity index (χ1v) is 9.58. The Labute approximate surface area is 165 Å². The number of carbonyl (C=O) groups excluding carboxylic acids is 1. The molecule has 0 saturated heterocycles. The summed E-state index contributed by atoms with van der Waals surface area (Å²) in [4.78, 5) is 29.4. The van der Waals surface area contributed by atoms with Crippen molar-refractivity contribution in [2.45, 2.75) is 26.7 Å². The maximum atomic E-state index is 12.4. The normalized spacial score (nSPS) is 11.1. The molecule has 28 heavy (non-hydrogen) atoms. The molecule has 0 aliphatic rings. The fourth-order valence-corrected chi connectivity index (χ4v) is 3.44. The van der Waals surface area contributed by atoms with Gasteiger partial charge in [-0.05, 0) is 24.5 Å². The number of fused-ring (bicyclic) bond motifs is 1. The van der Waals surface area contributed by atoms with Crippen LogP contribution in [-0.2, 0) is 0 Å². The summed E-state index contributed by atoms with van der Waals surface area (Å²) in [6.45, 7) is 5.96. The molecule has 0 spiro atoms. The Balaban J connectivity index is 1.55. The molecule has 0 unspecified atom stereocenters. The summed E-state index contributed by atoms with van der Waals surface area (Å²) in [6, 6.07) is 1.93. The van der Waals surface area contributed by atoms with Crippen LogP contribution in [0.3, 0.4) is 0 Å². The fraction of sp³-hybridized carbons (Fsp3) is 0.211. The highest BCUT2D eigenvalue weighted by molar-refractivity contribution is 7.12. The minimum Gasteiger partial charge on any atom is -0.406 e. The van der Waals surface area contributed by atoms with E-state index in [2.05, 4.69) is 39.2 Å². The van der Waals surface area contributed by atoms with Gasteiger partial charge in [-0.25, -0.2) is 25.2 Å². The van der Waals surface area contributed by atoms with Gasteiger partial charge in [0.15, 0.2) is 16.6 Å². The van der Waals surface area contributed by atoms with Crippen LogP contribution in [0.4, 0.5) is 4.79 Å². The lowest BCUT2D eigenvalue weighted by Gasteiger charge is -2.10. The minimum absolute atomic E-state index is 0.288. The van der Waals surface area contributed by atoms with Crippen LogP contribution in [-0.4, -0.2) is 30.7 Å². The average Bonchev–Trinajstić information content (AvgIpc) is 3.32. The largest absolute Gasteiger partial charge is 0.432 e. The van der Waals surface area contributed by atoms with E-state index in [0.29, 0.717) is 22.4 Å². The van der Waals surface area contributed by atoms with Crippen molar-refractivity contribution in [3.05, 3.63) is 53.7 Å². The molecule has 0 aliphatic heterocycles. The SMILES string of the molecule is Cc1nc(-c2nccs2)ncc1OC(=O)Nn1cc(C(C)C)c2ccncc21. The molecule has 4 rings (SSSR count). The molecule has 9 heteroatoms. The number of amides is 1. The predicted molar refractivity (Wildman–Crippen MR) is 107 cm³/mol. The number of nitrogens with zero attached hydrogens (tertiary/aromatic N) is 5. The molecule has 0 bridgehead atoms. The maximum Gasteiger partial charge on any atom is 0.432 e. The average molecular weight is 394 g/mol. The van der Waals surface area contributed by atoms with Crippen LogP contribution in [0.1, 0.15) is 31.0 Å². The molecule has 1 N–H and O–H groups in total. The van der Waals surface area contributed by atoms with E-state index in [0.717, 1.165) is 16.5 Å². The highest BCUT2D eigenvalue weighted by Crippen LogP contribution is 2.26. The van der Waals surface area contributed by atoms with Gasteiger partial charge in [0, 0.05) is 29.4 Å². The maximum absolute atomic E-state index is 12.4. The van der Waals surface area contributed by atoms with Crippen molar-refractivity contribution in [2.24, 2.45) is 0 Å². The van der Waals surface area contributed by atoms with Crippen LogP contribution in [0, 0.1) is 6.92 Å². The predicted octanol–water partition coefficient (Wildman–Crippen LogP) is 4.12. The Morgan fingerprint density at radius 1 is 1.25 bits per heavy atom. The van der Waals surface area contributed by atoms with Gasteiger partial charge in [0.1, 0.15) is 0 Å². The van der Waals surface area contributed by atoms with Gasteiger partial charge in [-0.1, -0.05) is 13.8 Å². The second kappa shape index (κ2) is 7.35. The molecule has 4 aromatic heterocycles. The Morgan fingerprint density at radius 3 is 2.82 bits per heavy atom. The van der Waals surface area contributed by atoms with Gasteiger partial charge in [-0.3, -0.25) is 9.66 Å². The lowest BCUT2D eigenvalue weighted by molar-refractivity contribution is 0.211. The van der Waals surface area contributed by atoms with Crippen molar-refractivity contribution in [3.63, 3.8) is 0 Å². The zero-order valence-electron chi connectivity index (χ0n) is 15.6. The number of hydrogen-bond acceptors (Lipinski definition) is 7. The third-order valence-electron chi connectivity index (χ3n) is 4.23. The third-order valence-corrected chi connectivity index (χ3v) is 5.00. The molecule has 4 aromatic rings. The molecule has 0 atom stereocenters. The summed E-state index contributed by atoms with van der Waals surface area (Å²) in [5.41, 5.74) is 5.20. The van der Waals surface area contributed by atoms with Gasteiger partial charge in [0.2, 0.25) is 0 Å². The lowest BCUT2D eigenvalue weighted by atomic mass is 10.0. The number of ether oxygens (including phenoxy) is 1. The van der Waals surface area contributed by atoms with Crippen LogP contribution in [0.2, 0.25) is 0 Å². The Kier molecular flexibility index (Phi) is 4.74. The van der Waals surface area contributed by atoms with Crippen molar-refractivity contribution in [2.75, 3.05) is 5.43 Å². The zero-order chi connectivity index (χ0) is 19.7. The van der Waals surface area contributed by atoms with E-state index in [4.69, 9.17) is 4.74 Å². The fourth-order valence-electron chi connectivity index (χ4n) is 2.87. The number of nitrogens with one attached hydrogen (secondary N) is 1. The summed E-state index contributed by atoms with van der Waals surface area (Å²) in [7, 11) is 0. The number of rotatable bonds is 4. The molecule has 142 valence electrons. The summed E-state index contributed by atoms with van der Waals surface area (Å²) in [5.74, 6) is 1.10. The molecule has 8 nitrogen and oxygen atoms in total. The van der Waals surface area contributed by atoms with E-state index in [1.807, 2.05) is 17.6 Å². The molecule has 0 aromatic carbocycles. The highest BCUT2D eigenvalue weighted by atomic mass is 32.1. The van der Waals surface area contributed by atoms with E-state index in [-0.39, 0.29) is 5.75 Å². The molecule has 4 heterocycles. The summed E-state index contributed by atoms with van der Waals surface area (Å²) in [6.07, 6.45) is 7.86. The monoisotopic (exact) mass is 394 g/mol. The summed E-state index contributed by atoms with van der Waals surface area (Å²) in [5, 5.41) is 3.61. The molecule has 0 aliphatic carbocycles. The minimum atomic E-state index is -0.634. The second-order valence-electron chi connectivity index (χ2n) is 6.48. The molecular weight excluding hydrogens is 376 g/mol. The summed E-state index contributed by atoms with van der Waals surface area (Å²) >= 11 is 1.45. The third kappa shape index (κ3) is 3.44. The van der Waals surface area contributed by atoms with Crippen LogP contribution >= 0.6 is 11.3 Å². The van der Waals surface area contributed by atoms with Gasteiger partial charge in [0.05, 0.1) is 23.6 Å². The van der Waals surface area contributed by atoms with Crippen LogP contribution in [0.25, 0.3) is 21.7 Å². The van der Waals surface area contributed by atoms with Gasteiger partial charge >= 0.3 is 6.09 Å². The van der Waals surface area contributed by atoms with Gasteiger partial charge in [-0.15, -0.1) is 11.3 Å². The Bertz CT molecular complexity index is 1140. The molecule has 0 fully saturated rings. The van der Waals surface area contributed by atoms with Crippen molar-refractivity contribution >= 4 is 28.3 Å². The number of aryl methyl sites for hydroxylation is 1. The van der Waals surface area contributed by atoms with Crippen molar-refractivity contribution < 1.29 is 9.53 Å². The first-order valence-electron chi connectivity index (χ1n) is 8.70. The van der Waals surface area contributed by atoms with Crippen LogP contribution in [0.15, 0.2) is 42.4 Å². The van der Waals surface area contributed by atoms with E-state index >= 15 is 0 Å². The quantitative estimate of drug-likeness (QED) is 0.559. The van der Waals surface area contributed by atoms with Gasteiger partial charge in [0.25, 0.3) is 0 Å². The first kappa shape index (κ1) is 18.1. The second-order valence-corrected chi connectivity index (χ2v) is 7.38. The van der Waals surface area contributed by atoms with E-state index in [1.54, 1.807) is 30.2 Å². The topological polar surface area (TPSA) is 94.8 Å². The first-order chi connectivity index (χ1) is 13.5. The number of hydrogen-bond donors (Lipinski definition) is 1. The van der Waals surface area contributed by atoms with E-state index in [9.17, 15) is 4.79 Å². The number of pyridine rings is 1. The number of aromatic nitrogens is 5. The molecular formula is C19H18N6O2S. The standard InChI is InChI=1S/C19H18N6O2S/c1-11(2)14-10-25(15-8-20-5-4-13(14)15)24-19(26)27-16-9-22-17(23-12(16)3)18-21-6-7-28-18/h4-11H,1-3H3,(H,24,26). The Morgan fingerprint density at radius 2 is 2.11 bits per heavy atom. The number of carbonyl (C=O) groups is 1. The van der Waals surface area contributed by atoms with Gasteiger partial charge < -0.3 is 4.74 Å². The lowest BCUT2D eigenvalue weighted by Crippen LogP contribution is -2.25. The molecule has 0 radical (unpaired) electrons. The van der Waals surface area contributed by atoms with Crippen LogP contribution < -0.4 is 10.2 Å². The zero-order valence-corrected chi connectivity index (χ0v) is 16.4. The van der Waals surface area contributed by atoms with Crippen LogP contribution in [0.5, 0.6) is 5.75 Å². The Hall–Kier alpha value is -3.33. The van der Waals surface area contributed by atoms with Crippen molar-refractivity contribution in [1.82, 2.24) is 24.6 Å². The van der Waals surface area contributed by atoms with Gasteiger partial charge in [-0.2, -0.15) is 0 Å². The highest BCUT2D eigenvalue weighted by Gasteiger charge is 2.15. The van der Waals surface area contributed by atoms with Crippen molar-refractivity contribution in [1.29, 1.82) is 0 Å². The van der Waals surface area contributed by atoms with E-state index in [1.165, 1.54) is 17.5 Å². The molecule has 1 amide bonds. The number of thiazole rings is 1. The smallest absolute Gasteiger partial charge is 0.406 e. The summed E-state index contributed by atoms with van der Waals surface area (Å²) < 4.78 is 7.03. The molecule has 0 saturated carbocycles.